The normalized spacial score (nSPS) is 10.8. The number of esters is 2. The number of hydrogen-bond donors (Lipinski definition) is 1. The van der Waals surface area contributed by atoms with Gasteiger partial charge in [0.15, 0.2) is 11.5 Å². The van der Waals surface area contributed by atoms with Gasteiger partial charge in [-0.15, -0.1) is 0 Å². The van der Waals surface area contributed by atoms with E-state index in [1.165, 1.54) is 7.11 Å². The van der Waals surface area contributed by atoms with Gasteiger partial charge in [0.2, 0.25) is 0 Å². The lowest BCUT2D eigenvalue weighted by Crippen LogP contribution is -2.28. The number of nitrogens with one attached hydrogen (secondary N) is 1. The van der Waals surface area contributed by atoms with Crippen molar-refractivity contribution in [2.45, 2.75) is 39.7 Å². The Morgan fingerprint density at radius 3 is 2.41 bits per heavy atom. The van der Waals surface area contributed by atoms with Crippen molar-refractivity contribution in [3.63, 3.8) is 0 Å². The molecule has 0 bridgehead atoms. The van der Waals surface area contributed by atoms with Crippen LogP contribution in [0.5, 0.6) is 11.5 Å². The number of anilines is 1. The van der Waals surface area contributed by atoms with Gasteiger partial charge in [-0.3, -0.25) is 9.59 Å². The van der Waals surface area contributed by atoms with Gasteiger partial charge in [0.25, 0.3) is 0 Å². The first-order chi connectivity index (χ1) is 10.3. The summed E-state index contributed by atoms with van der Waals surface area (Å²) in [4.78, 5) is 23.3. The molecule has 1 N–H and O–H groups in total. The van der Waals surface area contributed by atoms with E-state index >= 15 is 0 Å². The van der Waals surface area contributed by atoms with E-state index in [2.05, 4.69) is 5.32 Å². The molecule has 0 amide bonds. The number of carbonyl (C=O) groups excluding carboxylic acids is 2. The molecule has 6 heteroatoms. The number of benzene rings is 1. The predicted molar refractivity (Wildman–Crippen MR) is 83.3 cm³/mol. The topological polar surface area (TPSA) is 73.9 Å². The number of para-hydroxylation sites is 1. The summed E-state index contributed by atoms with van der Waals surface area (Å²) < 4.78 is 15.7. The molecule has 0 spiro atoms. The Kier molecular flexibility index (Phi) is 6.22. The maximum absolute atomic E-state index is 11.8. The molecule has 1 aromatic rings. The highest BCUT2D eigenvalue weighted by atomic mass is 16.6. The van der Waals surface area contributed by atoms with Crippen LogP contribution in [0.15, 0.2) is 18.2 Å². The van der Waals surface area contributed by atoms with Gasteiger partial charge in [-0.2, -0.15) is 0 Å². The van der Waals surface area contributed by atoms with Crippen LogP contribution in [0.3, 0.4) is 0 Å². The fourth-order valence-electron chi connectivity index (χ4n) is 1.65. The van der Waals surface area contributed by atoms with E-state index in [9.17, 15) is 9.59 Å². The molecule has 1 rings (SSSR count). The highest BCUT2D eigenvalue weighted by molar-refractivity contribution is 5.80. The van der Waals surface area contributed by atoms with Gasteiger partial charge in [0, 0.05) is 6.42 Å². The summed E-state index contributed by atoms with van der Waals surface area (Å²) in [6.07, 6.45) is 0.240. The Morgan fingerprint density at radius 2 is 1.86 bits per heavy atom. The minimum absolute atomic E-state index is 0.0406. The van der Waals surface area contributed by atoms with E-state index in [0.717, 1.165) is 0 Å². The molecule has 0 unspecified atom stereocenters. The summed E-state index contributed by atoms with van der Waals surface area (Å²) in [5.41, 5.74) is -0.0583. The maximum atomic E-state index is 11.8. The average Bonchev–Trinajstić information content (AvgIpc) is 2.44. The summed E-state index contributed by atoms with van der Waals surface area (Å²) in [7, 11) is 1.48. The third-order valence-corrected chi connectivity index (χ3v) is 2.55. The van der Waals surface area contributed by atoms with Crippen LogP contribution in [0.4, 0.5) is 5.69 Å². The summed E-state index contributed by atoms with van der Waals surface area (Å²) in [5.74, 6) is -0.107. The third kappa shape index (κ3) is 5.63. The highest BCUT2D eigenvalue weighted by Crippen LogP contribution is 2.35. The maximum Gasteiger partial charge on any atom is 0.325 e. The van der Waals surface area contributed by atoms with E-state index in [1.807, 2.05) is 0 Å². The molecule has 22 heavy (non-hydrogen) atoms. The zero-order valence-electron chi connectivity index (χ0n) is 13.7. The summed E-state index contributed by atoms with van der Waals surface area (Å²) in [6, 6.07) is 5.11. The SMILES string of the molecule is CCC(=O)Oc1c(NCC(=O)OC(C)(C)C)cccc1OC. The average molecular weight is 309 g/mol. The molecule has 0 aromatic heterocycles. The van der Waals surface area contributed by atoms with E-state index < -0.39 is 11.6 Å². The standard InChI is InChI=1S/C16H23NO5/c1-6-13(18)21-15-11(8-7-9-12(15)20-5)17-10-14(19)22-16(2,3)4/h7-9,17H,6,10H2,1-5H3. The van der Waals surface area contributed by atoms with Crippen molar-refractivity contribution in [2.24, 2.45) is 0 Å². The number of ether oxygens (including phenoxy) is 3. The zero-order chi connectivity index (χ0) is 16.8. The lowest BCUT2D eigenvalue weighted by atomic mass is 10.2. The van der Waals surface area contributed by atoms with Gasteiger partial charge in [0.05, 0.1) is 12.8 Å². The van der Waals surface area contributed by atoms with Gasteiger partial charge in [-0.25, -0.2) is 0 Å². The minimum atomic E-state index is -0.551. The van der Waals surface area contributed by atoms with Crippen LogP contribution in [0, 0.1) is 0 Å². The minimum Gasteiger partial charge on any atom is -0.493 e. The van der Waals surface area contributed by atoms with Crippen molar-refractivity contribution in [3.8, 4) is 11.5 Å². The van der Waals surface area contributed by atoms with Crippen LogP contribution in [0.1, 0.15) is 34.1 Å². The van der Waals surface area contributed by atoms with Crippen LogP contribution in [-0.2, 0) is 14.3 Å². The molecule has 0 aliphatic heterocycles. The largest absolute Gasteiger partial charge is 0.493 e. The van der Waals surface area contributed by atoms with Crippen molar-refractivity contribution < 1.29 is 23.8 Å². The quantitative estimate of drug-likeness (QED) is 0.643. The lowest BCUT2D eigenvalue weighted by molar-refractivity contribution is -0.152. The molecular weight excluding hydrogens is 286 g/mol. The number of hydrogen-bond acceptors (Lipinski definition) is 6. The van der Waals surface area contributed by atoms with E-state index in [0.29, 0.717) is 11.4 Å². The monoisotopic (exact) mass is 309 g/mol. The fourth-order valence-corrected chi connectivity index (χ4v) is 1.65. The second-order valence-corrected chi connectivity index (χ2v) is 5.60. The van der Waals surface area contributed by atoms with E-state index in [1.54, 1.807) is 45.9 Å². The van der Waals surface area contributed by atoms with Crippen molar-refractivity contribution in [3.05, 3.63) is 18.2 Å². The number of carbonyl (C=O) groups is 2. The van der Waals surface area contributed by atoms with Gasteiger partial charge in [0.1, 0.15) is 12.1 Å². The van der Waals surface area contributed by atoms with Crippen LogP contribution in [0.2, 0.25) is 0 Å². The molecule has 0 fully saturated rings. The molecule has 122 valence electrons. The lowest BCUT2D eigenvalue weighted by Gasteiger charge is -2.20. The summed E-state index contributed by atoms with van der Waals surface area (Å²) in [5, 5.41) is 2.91. The predicted octanol–water partition coefficient (Wildman–Crippen LogP) is 2.76. The first-order valence-electron chi connectivity index (χ1n) is 7.10. The van der Waals surface area contributed by atoms with Gasteiger partial charge in [-0.05, 0) is 32.9 Å². The van der Waals surface area contributed by atoms with Gasteiger partial charge >= 0.3 is 11.9 Å². The Bertz CT molecular complexity index is 534. The number of rotatable bonds is 6. The molecule has 1 aromatic carbocycles. The molecule has 0 saturated heterocycles. The smallest absolute Gasteiger partial charge is 0.325 e. The Morgan fingerprint density at radius 1 is 1.18 bits per heavy atom. The van der Waals surface area contributed by atoms with Crippen molar-refractivity contribution >= 4 is 17.6 Å². The fraction of sp³-hybridized carbons (Fsp3) is 0.500. The van der Waals surface area contributed by atoms with E-state index in [4.69, 9.17) is 14.2 Å². The molecule has 0 heterocycles. The molecular formula is C16H23NO5. The zero-order valence-corrected chi connectivity index (χ0v) is 13.7. The molecule has 6 nitrogen and oxygen atoms in total. The Labute approximate surface area is 130 Å². The molecule has 0 aliphatic rings. The first-order valence-corrected chi connectivity index (χ1v) is 7.10. The van der Waals surface area contributed by atoms with Crippen LogP contribution < -0.4 is 14.8 Å². The second-order valence-electron chi connectivity index (χ2n) is 5.60. The van der Waals surface area contributed by atoms with Crippen LogP contribution >= 0.6 is 0 Å². The van der Waals surface area contributed by atoms with Crippen molar-refractivity contribution in [1.82, 2.24) is 0 Å². The third-order valence-electron chi connectivity index (χ3n) is 2.55. The molecule has 0 saturated carbocycles. The van der Waals surface area contributed by atoms with Crippen molar-refractivity contribution in [1.29, 1.82) is 0 Å². The molecule has 0 radical (unpaired) electrons. The summed E-state index contributed by atoms with van der Waals surface area (Å²) in [6.45, 7) is 7.05. The van der Waals surface area contributed by atoms with Gasteiger partial charge in [-0.1, -0.05) is 13.0 Å². The second kappa shape index (κ2) is 7.68. The Hall–Kier alpha value is -2.24. The van der Waals surface area contributed by atoms with Crippen LogP contribution in [-0.4, -0.2) is 31.2 Å². The molecule has 0 aliphatic carbocycles. The Balaban J connectivity index is 2.85. The highest BCUT2D eigenvalue weighted by Gasteiger charge is 2.18. The number of methoxy groups -OCH3 is 1. The summed E-state index contributed by atoms with van der Waals surface area (Å²) >= 11 is 0. The molecule has 0 atom stereocenters. The van der Waals surface area contributed by atoms with Crippen LogP contribution in [0.25, 0.3) is 0 Å². The van der Waals surface area contributed by atoms with E-state index in [-0.39, 0.29) is 24.7 Å². The van der Waals surface area contributed by atoms with Gasteiger partial charge < -0.3 is 19.5 Å². The first kappa shape index (κ1) is 17.8. The van der Waals surface area contributed by atoms with Crippen molar-refractivity contribution in [2.75, 3.05) is 19.0 Å².